The largest absolute Gasteiger partial charge is 0.417 e. The minimum atomic E-state index is -0.471. The highest BCUT2D eigenvalue weighted by Crippen LogP contribution is 2.32. The van der Waals surface area contributed by atoms with Gasteiger partial charge in [-0.2, -0.15) is 0 Å². The van der Waals surface area contributed by atoms with Crippen LogP contribution >= 0.6 is 0 Å². The van der Waals surface area contributed by atoms with Crippen molar-refractivity contribution >= 4 is 17.5 Å². The number of nitrogens with zero attached hydrogens (tertiary/aromatic N) is 1. The molecule has 0 saturated carbocycles. The molecule has 0 bridgehead atoms. The molecule has 4 heteroatoms. The predicted octanol–water partition coefficient (Wildman–Crippen LogP) is 5.98. The van der Waals surface area contributed by atoms with Crippen molar-refractivity contribution in [2.75, 3.05) is 16.8 Å². The maximum atomic E-state index is 12.3. The van der Waals surface area contributed by atoms with Gasteiger partial charge in [-0.15, -0.1) is 0 Å². The van der Waals surface area contributed by atoms with Crippen molar-refractivity contribution in [3.05, 3.63) is 89.5 Å². The van der Waals surface area contributed by atoms with E-state index in [1.165, 1.54) is 22.4 Å². The van der Waals surface area contributed by atoms with Gasteiger partial charge < -0.3 is 9.64 Å². The molecule has 29 heavy (non-hydrogen) atoms. The van der Waals surface area contributed by atoms with Crippen molar-refractivity contribution in [2.24, 2.45) is 0 Å². The van der Waals surface area contributed by atoms with E-state index >= 15 is 0 Å². The van der Waals surface area contributed by atoms with Gasteiger partial charge in [-0.1, -0.05) is 56.3 Å². The summed E-state index contributed by atoms with van der Waals surface area (Å²) in [5, 5.41) is 2.79. The Morgan fingerprint density at radius 3 is 2.52 bits per heavy atom. The van der Waals surface area contributed by atoms with E-state index in [9.17, 15) is 4.79 Å². The van der Waals surface area contributed by atoms with Gasteiger partial charge in [0.1, 0.15) is 5.75 Å². The molecule has 4 nitrogen and oxygen atoms in total. The van der Waals surface area contributed by atoms with Gasteiger partial charge in [0.2, 0.25) is 0 Å². The molecular weight excluding hydrogens is 360 g/mol. The first-order valence-electron chi connectivity index (χ1n) is 10.1. The summed E-state index contributed by atoms with van der Waals surface area (Å²) in [5.41, 5.74) is 5.69. The minimum Gasteiger partial charge on any atom is -0.410 e. The van der Waals surface area contributed by atoms with Crippen molar-refractivity contribution in [1.82, 2.24) is 0 Å². The summed E-state index contributed by atoms with van der Waals surface area (Å²) < 4.78 is 5.51. The lowest BCUT2D eigenvalue weighted by molar-refractivity contribution is 0.215. The van der Waals surface area contributed by atoms with Gasteiger partial charge in [0.25, 0.3) is 0 Å². The summed E-state index contributed by atoms with van der Waals surface area (Å²) in [5.74, 6) is 1.03. The molecule has 1 amide bonds. The fourth-order valence-corrected chi connectivity index (χ4v) is 3.68. The fraction of sp³-hybridized carbons (Fsp3) is 0.240. The number of amides is 1. The number of benzene rings is 3. The molecule has 0 spiro atoms. The molecule has 0 aliphatic carbocycles. The van der Waals surface area contributed by atoms with E-state index in [0.29, 0.717) is 11.7 Å². The zero-order valence-electron chi connectivity index (χ0n) is 16.9. The SMILES string of the molecule is CC(C)c1ccc(NC(=O)Oc2ccc3c(c2)CCN3Cc2ccccc2)cc1. The molecule has 148 valence electrons. The number of carbonyl (C=O) groups excluding carboxylic acids is 1. The molecule has 0 saturated heterocycles. The van der Waals surface area contributed by atoms with Gasteiger partial charge in [-0.25, -0.2) is 4.79 Å². The second kappa shape index (κ2) is 8.39. The standard InChI is InChI=1S/C25H26N2O2/c1-18(2)20-8-10-22(11-9-20)26-25(28)29-23-12-13-24-21(16-23)14-15-27(24)17-19-6-4-3-5-7-19/h3-13,16,18H,14-15,17H2,1-2H3,(H,26,28). The Morgan fingerprint density at radius 2 is 1.79 bits per heavy atom. The summed E-state index contributed by atoms with van der Waals surface area (Å²) in [4.78, 5) is 14.6. The molecule has 1 N–H and O–H groups in total. The van der Waals surface area contributed by atoms with Crippen LogP contribution in [0, 0.1) is 0 Å². The van der Waals surface area contributed by atoms with Crippen molar-refractivity contribution in [2.45, 2.75) is 32.7 Å². The quantitative estimate of drug-likeness (QED) is 0.586. The molecule has 1 aliphatic rings. The molecule has 4 rings (SSSR count). The van der Waals surface area contributed by atoms with E-state index in [2.05, 4.69) is 48.3 Å². The summed E-state index contributed by atoms with van der Waals surface area (Å²) in [7, 11) is 0. The highest BCUT2D eigenvalue weighted by molar-refractivity contribution is 5.86. The van der Waals surface area contributed by atoms with Crippen LogP contribution in [0.1, 0.15) is 36.5 Å². The average molecular weight is 386 g/mol. The Labute approximate surface area is 172 Å². The Balaban J connectivity index is 1.38. The van der Waals surface area contributed by atoms with Crippen molar-refractivity contribution in [3.8, 4) is 5.75 Å². The summed E-state index contributed by atoms with van der Waals surface area (Å²) in [6.45, 7) is 6.15. The third kappa shape index (κ3) is 4.60. The van der Waals surface area contributed by atoms with Crippen LogP contribution in [0.15, 0.2) is 72.8 Å². The van der Waals surface area contributed by atoms with Crippen LogP contribution in [0.25, 0.3) is 0 Å². The van der Waals surface area contributed by atoms with Gasteiger partial charge in [-0.3, -0.25) is 5.32 Å². The predicted molar refractivity (Wildman–Crippen MR) is 118 cm³/mol. The second-order valence-corrected chi connectivity index (χ2v) is 7.74. The van der Waals surface area contributed by atoms with Crippen LogP contribution in [0.3, 0.4) is 0 Å². The van der Waals surface area contributed by atoms with Crippen molar-refractivity contribution < 1.29 is 9.53 Å². The van der Waals surface area contributed by atoms with Crippen LogP contribution in [0.5, 0.6) is 5.75 Å². The lowest BCUT2D eigenvalue weighted by Gasteiger charge is -2.19. The first-order valence-corrected chi connectivity index (χ1v) is 10.1. The normalized spacial score (nSPS) is 12.7. The van der Waals surface area contributed by atoms with Crippen LogP contribution in [0.4, 0.5) is 16.2 Å². The minimum absolute atomic E-state index is 0.462. The summed E-state index contributed by atoms with van der Waals surface area (Å²) in [6.07, 6.45) is 0.485. The molecule has 0 radical (unpaired) electrons. The lowest BCUT2D eigenvalue weighted by Crippen LogP contribution is -2.19. The molecule has 1 heterocycles. The van der Waals surface area contributed by atoms with Crippen LogP contribution in [-0.4, -0.2) is 12.6 Å². The van der Waals surface area contributed by atoms with E-state index in [1.807, 2.05) is 48.5 Å². The van der Waals surface area contributed by atoms with E-state index in [0.717, 1.165) is 25.2 Å². The molecule has 0 unspecified atom stereocenters. The van der Waals surface area contributed by atoms with E-state index in [-0.39, 0.29) is 0 Å². The van der Waals surface area contributed by atoms with Crippen LogP contribution < -0.4 is 15.0 Å². The number of nitrogens with one attached hydrogen (secondary N) is 1. The van der Waals surface area contributed by atoms with Gasteiger partial charge in [0.05, 0.1) is 0 Å². The monoisotopic (exact) mass is 386 g/mol. The molecule has 0 fully saturated rings. The molecule has 0 atom stereocenters. The number of hydrogen-bond donors (Lipinski definition) is 1. The second-order valence-electron chi connectivity index (χ2n) is 7.74. The van der Waals surface area contributed by atoms with Crippen LogP contribution in [-0.2, 0) is 13.0 Å². The smallest absolute Gasteiger partial charge is 0.410 e. The van der Waals surface area contributed by atoms with E-state index < -0.39 is 6.09 Å². The molecule has 0 aromatic heterocycles. The molecule has 1 aliphatic heterocycles. The van der Waals surface area contributed by atoms with Gasteiger partial charge in [-0.05, 0) is 59.4 Å². The zero-order valence-corrected chi connectivity index (χ0v) is 16.9. The zero-order chi connectivity index (χ0) is 20.2. The van der Waals surface area contributed by atoms with E-state index in [4.69, 9.17) is 4.74 Å². The third-order valence-corrected chi connectivity index (χ3v) is 5.29. The molecule has 3 aromatic carbocycles. The van der Waals surface area contributed by atoms with Gasteiger partial charge >= 0.3 is 6.09 Å². The van der Waals surface area contributed by atoms with Gasteiger partial charge in [0, 0.05) is 24.5 Å². The lowest BCUT2D eigenvalue weighted by atomic mass is 10.0. The number of ether oxygens (including phenoxy) is 1. The molecule has 3 aromatic rings. The maximum Gasteiger partial charge on any atom is 0.417 e. The number of anilines is 2. The third-order valence-electron chi connectivity index (χ3n) is 5.29. The van der Waals surface area contributed by atoms with Gasteiger partial charge in [0.15, 0.2) is 0 Å². The number of rotatable bonds is 5. The summed E-state index contributed by atoms with van der Waals surface area (Å²) in [6, 6.07) is 24.2. The Morgan fingerprint density at radius 1 is 1.03 bits per heavy atom. The maximum absolute atomic E-state index is 12.3. The Kier molecular flexibility index (Phi) is 5.52. The number of carbonyl (C=O) groups is 1. The highest BCUT2D eigenvalue weighted by Gasteiger charge is 2.20. The fourth-order valence-electron chi connectivity index (χ4n) is 3.68. The number of fused-ring (bicyclic) bond motifs is 1. The van der Waals surface area contributed by atoms with Crippen LogP contribution in [0.2, 0.25) is 0 Å². The Hall–Kier alpha value is -3.27. The first kappa shape index (κ1) is 19.1. The molecular formula is C25H26N2O2. The summed E-state index contributed by atoms with van der Waals surface area (Å²) >= 11 is 0. The topological polar surface area (TPSA) is 41.6 Å². The van der Waals surface area contributed by atoms with E-state index in [1.54, 1.807) is 0 Å². The van der Waals surface area contributed by atoms with Crippen molar-refractivity contribution in [1.29, 1.82) is 0 Å². The first-order chi connectivity index (χ1) is 14.1. The average Bonchev–Trinajstić information content (AvgIpc) is 3.11. The highest BCUT2D eigenvalue weighted by atomic mass is 16.6. The van der Waals surface area contributed by atoms with Crippen molar-refractivity contribution in [3.63, 3.8) is 0 Å². The number of hydrogen-bond acceptors (Lipinski definition) is 3. The Bertz CT molecular complexity index is 981.